The molecule has 0 saturated heterocycles. The van der Waals surface area contributed by atoms with Crippen LogP contribution in [0.1, 0.15) is 38.3 Å². The Kier molecular flexibility index (Phi) is 5.37. The maximum atomic E-state index is 5.69. The molecule has 2 heteroatoms. The van der Waals surface area contributed by atoms with E-state index in [2.05, 4.69) is 43.4 Å². The highest BCUT2D eigenvalue weighted by Crippen LogP contribution is 2.10. The van der Waals surface area contributed by atoms with Gasteiger partial charge in [-0.2, -0.15) is 0 Å². The normalized spacial score (nSPS) is 14.9. The van der Waals surface area contributed by atoms with Crippen molar-refractivity contribution in [2.24, 2.45) is 5.73 Å². The first-order chi connectivity index (χ1) is 7.20. The topological polar surface area (TPSA) is 38.0 Å². The molecule has 0 radical (unpaired) electrons. The van der Waals surface area contributed by atoms with Gasteiger partial charge in [-0.3, -0.25) is 0 Å². The Hall–Kier alpha value is -0.860. The van der Waals surface area contributed by atoms with Crippen LogP contribution in [0.2, 0.25) is 0 Å². The number of rotatable bonds is 6. The Morgan fingerprint density at radius 3 is 2.47 bits per heavy atom. The Labute approximate surface area is 92.9 Å². The molecular formula is C13H22N2. The quantitative estimate of drug-likeness (QED) is 0.702. The van der Waals surface area contributed by atoms with E-state index < -0.39 is 0 Å². The van der Waals surface area contributed by atoms with E-state index in [1.807, 2.05) is 6.07 Å². The molecule has 1 rings (SSSR count). The van der Waals surface area contributed by atoms with Crippen LogP contribution in [0.3, 0.4) is 0 Å². The van der Waals surface area contributed by atoms with Gasteiger partial charge >= 0.3 is 0 Å². The Morgan fingerprint density at radius 2 is 1.87 bits per heavy atom. The Balaban J connectivity index is 2.22. The zero-order valence-electron chi connectivity index (χ0n) is 9.74. The van der Waals surface area contributed by atoms with E-state index in [9.17, 15) is 0 Å². The zero-order chi connectivity index (χ0) is 11.1. The fourth-order valence-corrected chi connectivity index (χ4v) is 1.60. The lowest BCUT2D eigenvalue weighted by atomic mass is 10.1. The molecule has 0 saturated carbocycles. The van der Waals surface area contributed by atoms with Crippen molar-refractivity contribution in [1.29, 1.82) is 0 Å². The third-order valence-corrected chi connectivity index (χ3v) is 2.59. The van der Waals surface area contributed by atoms with Crippen molar-refractivity contribution in [1.82, 2.24) is 5.32 Å². The van der Waals surface area contributed by atoms with Crippen LogP contribution in [0.4, 0.5) is 0 Å². The summed E-state index contributed by atoms with van der Waals surface area (Å²) in [4.78, 5) is 0. The van der Waals surface area contributed by atoms with Gasteiger partial charge in [0.25, 0.3) is 0 Å². The van der Waals surface area contributed by atoms with Crippen LogP contribution in [0.15, 0.2) is 30.3 Å². The molecule has 15 heavy (non-hydrogen) atoms. The second-order valence-corrected chi connectivity index (χ2v) is 4.21. The Morgan fingerprint density at radius 1 is 1.20 bits per heavy atom. The van der Waals surface area contributed by atoms with Gasteiger partial charge in [0.1, 0.15) is 0 Å². The van der Waals surface area contributed by atoms with Crippen molar-refractivity contribution in [2.45, 2.75) is 38.8 Å². The van der Waals surface area contributed by atoms with Gasteiger partial charge < -0.3 is 11.1 Å². The lowest BCUT2D eigenvalue weighted by molar-refractivity contribution is 0.525. The third kappa shape index (κ3) is 4.96. The summed E-state index contributed by atoms with van der Waals surface area (Å²) in [5, 5.41) is 3.50. The standard InChI is InChI=1S/C13H22N2/c1-11(14)7-6-10-15-12(2)13-8-4-3-5-9-13/h3-5,8-9,11-12,15H,6-7,10,14H2,1-2H3. The van der Waals surface area contributed by atoms with E-state index in [0.717, 1.165) is 19.4 Å². The first-order valence-electron chi connectivity index (χ1n) is 5.74. The van der Waals surface area contributed by atoms with Gasteiger partial charge in [-0.25, -0.2) is 0 Å². The summed E-state index contributed by atoms with van der Waals surface area (Å²) in [6.45, 7) is 5.29. The highest BCUT2D eigenvalue weighted by molar-refractivity contribution is 5.17. The van der Waals surface area contributed by atoms with Crippen LogP contribution in [-0.2, 0) is 0 Å². The molecule has 1 aromatic carbocycles. The molecule has 0 aliphatic carbocycles. The molecule has 0 fully saturated rings. The second kappa shape index (κ2) is 6.59. The average molecular weight is 206 g/mol. The highest BCUT2D eigenvalue weighted by atomic mass is 14.9. The average Bonchev–Trinajstić information content (AvgIpc) is 2.25. The van der Waals surface area contributed by atoms with Crippen molar-refractivity contribution in [2.75, 3.05) is 6.54 Å². The lowest BCUT2D eigenvalue weighted by Crippen LogP contribution is -2.22. The molecular weight excluding hydrogens is 184 g/mol. The molecule has 0 heterocycles. The Bertz CT molecular complexity index is 256. The van der Waals surface area contributed by atoms with Gasteiger partial charge in [0.05, 0.1) is 0 Å². The fraction of sp³-hybridized carbons (Fsp3) is 0.538. The zero-order valence-corrected chi connectivity index (χ0v) is 9.74. The largest absolute Gasteiger partial charge is 0.328 e. The summed E-state index contributed by atoms with van der Waals surface area (Å²) in [5.74, 6) is 0. The smallest absolute Gasteiger partial charge is 0.0291 e. The number of hydrogen-bond acceptors (Lipinski definition) is 2. The second-order valence-electron chi connectivity index (χ2n) is 4.21. The van der Waals surface area contributed by atoms with E-state index >= 15 is 0 Å². The molecule has 0 amide bonds. The summed E-state index contributed by atoms with van der Waals surface area (Å²) in [6.07, 6.45) is 2.24. The highest BCUT2D eigenvalue weighted by Gasteiger charge is 2.02. The number of benzene rings is 1. The minimum Gasteiger partial charge on any atom is -0.328 e. The first-order valence-corrected chi connectivity index (χ1v) is 5.74. The maximum Gasteiger partial charge on any atom is 0.0291 e. The van der Waals surface area contributed by atoms with Gasteiger partial charge in [-0.05, 0) is 38.8 Å². The number of hydrogen-bond donors (Lipinski definition) is 2. The third-order valence-electron chi connectivity index (χ3n) is 2.59. The van der Waals surface area contributed by atoms with Gasteiger partial charge in [0, 0.05) is 12.1 Å². The van der Waals surface area contributed by atoms with Crippen molar-refractivity contribution >= 4 is 0 Å². The van der Waals surface area contributed by atoms with E-state index in [0.29, 0.717) is 12.1 Å². The van der Waals surface area contributed by atoms with Gasteiger partial charge in [-0.15, -0.1) is 0 Å². The predicted molar refractivity (Wildman–Crippen MR) is 65.7 cm³/mol. The van der Waals surface area contributed by atoms with Crippen LogP contribution < -0.4 is 11.1 Å². The van der Waals surface area contributed by atoms with E-state index in [-0.39, 0.29) is 0 Å². The molecule has 0 aliphatic heterocycles. The molecule has 0 bridgehead atoms. The molecule has 1 aromatic rings. The minimum atomic E-state index is 0.318. The van der Waals surface area contributed by atoms with Crippen LogP contribution in [0, 0.1) is 0 Å². The van der Waals surface area contributed by atoms with Crippen molar-refractivity contribution in [3.63, 3.8) is 0 Å². The van der Waals surface area contributed by atoms with Gasteiger partial charge in [0.15, 0.2) is 0 Å². The van der Waals surface area contributed by atoms with Crippen LogP contribution >= 0.6 is 0 Å². The van der Waals surface area contributed by atoms with E-state index in [1.165, 1.54) is 5.56 Å². The predicted octanol–water partition coefficient (Wildman–Crippen LogP) is 2.46. The molecule has 0 spiro atoms. The molecule has 0 aromatic heterocycles. The number of nitrogens with two attached hydrogens (primary N) is 1. The summed E-state index contributed by atoms with van der Waals surface area (Å²) < 4.78 is 0. The number of nitrogens with one attached hydrogen (secondary N) is 1. The lowest BCUT2D eigenvalue weighted by Gasteiger charge is -2.14. The SMILES string of the molecule is CC(N)CCCNC(C)c1ccccc1. The molecule has 84 valence electrons. The van der Waals surface area contributed by atoms with E-state index in [1.54, 1.807) is 0 Å². The van der Waals surface area contributed by atoms with Gasteiger partial charge in [-0.1, -0.05) is 30.3 Å². The summed E-state index contributed by atoms with van der Waals surface area (Å²) in [6, 6.07) is 11.3. The minimum absolute atomic E-state index is 0.318. The van der Waals surface area contributed by atoms with Crippen molar-refractivity contribution in [3.8, 4) is 0 Å². The summed E-state index contributed by atoms with van der Waals surface area (Å²) in [5.41, 5.74) is 7.04. The summed E-state index contributed by atoms with van der Waals surface area (Å²) >= 11 is 0. The van der Waals surface area contributed by atoms with E-state index in [4.69, 9.17) is 5.73 Å². The summed E-state index contributed by atoms with van der Waals surface area (Å²) in [7, 11) is 0. The van der Waals surface area contributed by atoms with Crippen LogP contribution in [0.5, 0.6) is 0 Å². The van der Waals surface area contributed by atoms with Crippen molar-refractivity contribution < 1.29 is 0 Å². The molecule has 2 nitrogen and oxygen atoms in total. The first kappa shape index (κ1) is 12.2. The molecule has 3 N–H and O–H groups in total. The fourth-order valence-electron chi connectivity index (χ4n) is 1.60. The van der Waals surface area contributed by atoms with Crippen LogP contribution in [-0.4, -0.2) is 12.6 Å². The van der Waals surface area contributed by atoms with Crippen molar-refractivity contribution in [3.05, 3.63) is 35.9 Å². The maximum absolute atomic E-state index is 5.69. The van der Waals surface area contributed by atoms with Crippen LogP contribution in [0.25, 0.3) is 0 Å². The molecule has 0 aliphatic rings. The molecule has 2 unspecified atom stereocenters. The molecule has 2 atom stereocenters. The van der Waals surface area contributed by atoms with Gasteiger partial charge in [0.2, 0.25) is 0 Å². The monoisotopic (exact) mass is 206 g/mol.